The quantitative estimate of drug-likeness (QED) is 0.643. The number of anilines is 1. The van der Waals surface area contributed by atoms with E-state index < -0.39 is 0 Å². The van der Waals surface area contributed by atoms with Gasteiger partial charge in [0.05, 0.1) is 6.04 Å². The lowest BCUT2D eigenvalue weighted by Gasteiger charge is -2.49. The van der Waals surface area contributed by atoms with E-state index in [2.05, 4.69) is 12.6 Å². The molecule has 2 heterocycles. The van der Waals surface area contributed by atoms with E-state index in [0.717, 1.165) is 12.1 Å². The number of hydrogen-bond acceptors (Lipinski definition) is 1. The molecule has 1 aromatic carbocycles. The Labute approximate surface area is 105 Å². The van der Waals surface area contributed by atoms with Gasteiger partial charge in [-0.1, -0.05) is 29.8 Å². The van der Waals surface area contributed by atoms with Crippen molar-refractivity contribution >= 4 is 23.2 Å². The molecule has 0 bridgehead atoms. The highest BCUT2D eigenvalue weighted by Crippen LogP contribution is 2.60. The SMILES string of the molecule is C=C1[C@@H]2CCC(=O)N3c4cc(Cl)ccc4[C@H]1[C@H]23. The molecule has 0 spiro atoms. The molecule has 2 fully saturated rings. The largest absolute Gasteiger partial charge is 0.307 e. The van der Waals surface area contributed by atoms with Crippen molar-refractivity contribution in [2.45, 2.75) is 24.8 Å². The topological polar surface area (TPSA) is 20.3 Å². The highest BCUT2D eigenvalue weighted by atomic mass is 35.5. The Morgan fingerprint density at radius 1 is 1.41 bits per heavy atom. The van der Waals surface area contributed by atoms with Crippen LogP contribution in [0, 0.1) is 5.92 Å². The molecule has 1 amide bonds. The molecule has 2 aliphatic heterocycles. The second-order valence-electron chi connectivity index (χ2n) is 5.16. The van der Waals surface area contributed by atoms with Gasteiger partial charge in [0.15, 0.2) is 0 Å². The first-order chi connectivity index (χ1) is 8.18. The summed E-state index contributed by atoms with van der Waals surface area (Å²) >= 11 is 6.04. The van der Waals surface area contributed by atoms with Crippen molar-refractivity contribution in [2.24, 2.45) is 5.92 Å². The first kappa shape index (κ1) is 9.72. The molecule has 4 rings (SSSR count). The Hall–Kier alpha value is -1.28. The molecular formula is C14H12ClNO. The number of fused-ring (bicyclic) bond motifs is 3. The summed E-state index contributed by atoms with van der Waals surface area (Å²) in [4.78, 5) is 14.0. The molecular weight excluding hydrogens is 234 g/mol. The van der Waals surface area contributed by atoms with Crippen LogP contribution in [0.1, 0.15) is 24.3 Å². The maximum atomic E-state index is 12.1. The van der Waals surface area contributed by atoms with Crippen LogP contribution in [0.15, 0.2) is 30.4 Å². The monoisotopic (exact) mass is 245 g/mol. The summed E-state index contributed by atoms with van der Waals surface area (Å²) in [7, 11) is 0. The fourth-order valence-electron chi connectivity index (χ4n) is 3.70. The number of nitrogens with zero attached hydrogens (tertiary/aromatic N) is 1. The van der Waals surface area contributed by atoms with Gasteiger partial charge >= 0.3 is 0 Å². The molecule has 86 valence electrons. The van der Waals surface area contributed by atoms with Gasteiger partial charge in [0.2, 0.25) is 5.91 Å². The molecule has 3 aliphatic rings. The summed E-state index contributed by atoms with van der Waals surface area (Å²) in [5, 5.41) is 0.700. The summed E-state index contributed by atoms with van der Waals surface area (Å²) in [6.07, 6.45) is 1.61. The summed E-state index contributed by atoms with van der Waals surface area (Å²) < 4.78 is 0. The van der Waals surface area contributed by atoms with Crippen molar-refractivity contribution in [3.63, 3.8) is 0 Å². The van der Waals surface area contributed by atoms with E-state index in [0.29, 0.717) is 29.3 Å². The van der Waals surface area contributed by atoms with Crippen molar-refractivity contribution in [1.82, 2.24) is 0 Å². The van der Waals surface area contributed by atoms with Gasteiger partial charge in [-0.15, -0.1) is 0 Å². The molecule has 0 unspecified atom stereocenters. The molecule has 3 heteroatoms. The van der Waals surface area contributed by atoms with Gasteiger partial charge in [0.25, 0.3) is 0 Å². The van der Waals surface area contributed by atoms with Crippen LogP contribution >= 0.6 is 11.6 Å². The van der Waals surface area contributed by atoms with Gasteiger partial charge in [0, 0.05) is 29.0 Å². The van der Waals surface area contributed by atoms with Gasteiger partial charge < -0.3 is 4.90 Å². The van der Waals surface area contributed by atoms with E-state index in [1.807, 2.05) is 17.0 Å². The Balaban J connectivity index is 1.94. The Morgan fingerprint density at radius 2 is 2.24 bits per heavy atom. The maximum Gasteiger partial charge on any atom is 0.227 e. The minimum absolute atomic E-state index is 0.241. The molecule has 1 saturated heterocycles. The molecule has 0 N–H and O–H groups in total. The van der Waals surface area contributed by atoms with Crippen LogP contribution in [-0.4, -0.2) is 11.9 Å². The average Bonchev–Trinajstić information content (AvgIpc) is 2.62. The van der Waals surface area contributed by atoms with E-state index in [1.165, 1.54) is 11.1 Å². The summed E-state index contributed by atoms with van der Waals surface area (Å²) in [6, 6.07) is 6.21. The van der Waals surface area contributed by atoms with Crippen LogP contribution in [0.4, 0.5) is 5.69 Å². The van der Waals surface area contributed by atoms with E-state index in [9.17, 15) is 4.79 Å². The number of benzene rings is 1. The first-order valence-corrected chi connectivity index (χ1v) is 6.36. The summed E-state index contributed by atoms with van der Waals surface area (Å²) in [6.45, 7) is 4.20. The van der Waals surface area contributed by atoms with Crippen LogP contribution in [0.25, 0.3) is 0 Å². The third-order valence-corrected chi connectivity index (χ3v) is 4.69. The van der Waals surface area contributed by atoms with Crippen molar-refractivity contribution < 1.29 is 4.79 Å². The predicted octanol–water partition coefficient (Wildman–Crippen LogP) is 3.12. The normalized spacial score (nSPS) is 33.2. The van der Waals surface area contributed by atoms with E-state index in [4.69, 9.17) is 11.6 Å². The van der Waals surface area contributed by atoms with E-state index in [1.54, 1.807) is 0 Å². The van der Waals surface area contributed by atoms with Gasteiger partial charge in [-0.25, -0.2) is 0 Å². The molecule has 2 nitrogen and oxygen atoms in total. The third-order valence-electron chi connectivity index (χ3n) is 4.45. The number of carbonyl (C=O) groups excluding carboxylic acids is 1. The van der Waals surface area contributed by atoms with Crippen molar-refractivity contribution in [1.29, 1.82) is 0 Å². The van der Waals surface area contributed by atoms with E-state index >= 15 is 0 Å². The summed E-state index contributed by atoms with van der Waals surface area (Å²) in [5.74, 6) is 1.10. The molecule has 1 aromatic rings. The van der Waals surface area contributed by atoms with Gasteiger partial charge in [0.1, 0.15) is 0 Å². The highest BCUT2D eigenvalue weighted by Gasteiger charge is 2.57. The highest BCUT2D eigenvalue weighted by molar-refractivity contribution is 6.31. The van der Waals surface area contributed by atoms with Crippen LogP contribution < -0.4 is 4.90 Å². The number of hydrogen-bond donors (Lipinski definition) is 0. The lowest BCUT2D eigenvalue weighted by Crippen LogP contribution is -2.55. The van der Waals surface area contributed by atoms with Crippen molar-refractivity contribution in [3.05, 3.63) is 40.9 Å². The minimum Gasteiger partial charge on any atom is -0.307 e. The Kier molecular flexibility index (Phi) is 1.68. The second-order valence-corrected chi connectivity index (χ2v) is 5.59. The Bertz CT molecular complexity index is 565. The molecule has 1 aliphatic carbocycles. The van der Waals surface area contributed by atoms with Gasteiger partial charge in [-0.2, -0.15) is 0 Å². The van der Waals surface area contributed by atoms with Gasteiger partial charge in [-0.05, 0) is 24.1 Å². The fourth-order valence-corrected chi connectivity index (χ4v) is 3.87. The molecule has 0 radical (unpaired) electrons. The molecule has 0 aromatic heterocycles. The molecule has 17 heavy (non-hydrogen) atoms. The predicted molar refractivity (Wildman–Crippen MR) is 67.3 cm³/mol. The Morgan fingerprint density at radius 3 is 3.06 bits per heavy atom. The zero-order chi connectivity index (χ0) is 11.7. The lowest BCUT2D eigenvalue weighted by atomic mass is 9.62. The minimum atomic E-state index is 0.241. The third kappa shape index (κ3) is 1.00. The van der Waals surface area contributed by atoms with Crippen LogP contribution in [0.5, 0.6) is 0 Å². The zero-order valence-corrected chi connectivity index (χ0v) is 10.1. The lowest BCUT2D eigenvalue weighted by molar-refractivity contribution is -0.121. The zero-order valence-electron chi connectivity index (χ0n) is 9.32. The number of halogens is 1. The van der Waals surface area contributed by atoms with Crippen molar-refractivity contribution in [2.75, 3.05) is 4.90 Å². The fraction of sp³-hybridized carbons (Fsp3) is 0.357. The second kappa shape index (κ2) is 2.94. The average molecular weight is 246 g/mol. The first-order valence-electron chi connectivity index (χ1n) is 5.98. The number of piperidine rings is 1. The van der Waals surface area contributed by atoms with Crippen molar-refractivity contribution in [3.8, 4) is 0 Å². The van der Waals surface area contributed by atoms with Crippen LogP contribution in [0.2, 0.25) is 5.02 Å². The summed E-state index contributed by atoms with van der Waals surface area (Å²) in [5.41, 5.74) is 3.55. The number of rotatable bonds is 0. The van der Waals surface area contributed by atoms with Gasteiger partial charge in [-0.3, -0.25) is 4.79 Å². The van der Waals surface area contributed by atoms with Crippen LogP contribution in [-0.2, 0) is 4.79 Å². The smallest absolute Gasteiger partial charge is 0.227 e. The number of amides is 1. The standard InChI is InChI=1S/C14H12ClNO/c1-7-9-4-5-12(17)16-11-6-8(15)2-3-10(11)13(7)14(9)16/h2-3,6,9,13-14H,1,4-5H2/t9-,13-,14-/m0/s1. The van der Waals surface area contributed by atoms with E-state index in [-0.39, 0.29) is 5.91 Å². The molecule has 3 atom stereocenters. The van der Waals surface area contributed by atoms with Crippen LogP contribution in [0.3, 0.4) is 0 Å². The molecule has 1 saturated carbocycles. The number of carbonyl (C=O) groups is 1. The maximum absolute atomic E-state index is 12.1.